The second-order valence-electron chi connectivity index (χ2n) is 16.3. The molecule has 6 N–H and O–H groups in total. The van der Waals surface area contributed by atoms with Crippen molar-refractivity contribution in [3.63, 3.8) is 0 Å². The molecule has 386 valence electrons. The number of hydrogen-bond acceptors (Lipinski definition) is 16. The largest absolute Gasteiger partial charge is 0.494 e. The molecule has 0 saturated heterocycles. The number of nitrogen functional groups attached to an aromatic ring is 2. The summed E-state index contributed by atoms with van der Waals surface area (Å²) in [5.74, 6) is -1.14. The van der Waals surface area contributed by atoms with Gasteiger partial charge in [0.15, 0.2) is 0 Å². The summed E-state index contributed by atoms with van der Waals surface area (Å²) >= 11 is 0. The number of ketones is 2. The highest BCUT2D eigenvalue weighted by Gasteiger charge is 2.28. The van der Waals surface area contributed by atoms with Gasteiger partial charge < -0.3 is 77.9 Å². The number of methoxy groups -OCH3 is 2. The molecule has 0 fully saturated rings. The molecule has 0 aliphatic heterocycles. The van der Waals surface area contributed by atoms with Crippen LogP contribution in [0.15, 0.2) is 60.9 Å². The monoisotopic (exact) mass is 998 g/mol. The van der Waals surface area contributed by atoms with E-state index in [1.54, 1.807) is 73.2 Å². The molecule has 20 nitrogen and oxygen atoms in total. The number of aromatic carboxylic acids is 2. The van der Waals surface area contributed by atoms with E-state index in [0.717, 1.165) is 0 Å². The zero-order chi connectivity index (χ0) is 51.9. The standard InChI is InChI=1S/C52H62N4O16/c1-31-37(9-11-39(53)43(31)51(59)60)47(57)45-33(3)49(63-5)41-13-7-35(29-55(41)45)71-27-25-69-23-21-67-19-17-65-15-16-66-18-20-68-22-24-70-26-28-72-36-8-14-42-50(64-6)34(4)46(56(42)30-36)48(58)38-10-12-40(54)44(32(38)2)52(61)62/h7-14,29-30H,15-28,53-54H2,1-6H3,(H,59,60)(H,61,62). The predicted octanol–water partition coefficient (Wildman–Crippen LogP) is 6.02. The SMILES string of the molecule is COc1c(C)c(C(=O)c2ccc(N)c(C(=O)O)c2C)n2cc(OCCOCCOCCOCCOCCOCCOCCOc3ccc4c(OC)c(C)c(C(=O)c5ccc(N)c(C(=O)O)c5C)n4c3)ccc12. The van der Waals surface area contributed by atoms with Crippen LogP contribution >= 0.6 is 0 Å². The van der Waals surface area contributed by atoms with E-state index in [0.29, 0.717) is 136 Å². The molecule has 20 heteroatoms. The number of pyridine rings is 2. The van der Waals surface area contributed by atoms with E-state index in [4.69, 9.17) is 58.8 Å². The number of ether oxygens (including phenoxy) is 10. The molecular weight excluding hydrogens is 937 g/mol. The Morgan fingerprint density at radius 3 is 1.04 bits per heavy atom. The fourth-order valence-corrected chi connectivity index (χ4v) is 8.33. The van der Waals surface area contributed by atoms with E-state index < -0.39 is 11.9 Å². The van der Waals surface area contributed by atoms with Crippen LogP contribution in [0.3, 0.4) is 0 Å². The van der Waals surface area contributed by atoms with Crippen LogP contribution in [0.25, 0.3) is 11.0 Å². The maximum absolute atomic E-state index is 13.9. The summed E-state index contributed by atoms with van der Waals surface area (Å²) in [5, 5.41) is 19.4. The Hall–Kier alpha value is -7.20. The third-order valence-corrected chi connectivity index (χ3v) is 11.8. The van der Waals surface area contributed by atoms with Crippen LogP contribution in [-0.2, 0) is 28.4 Å². The van der Waals surface area contributed by atoms with Crippen LogP contribution in [-0.4, -0.2) is 149 Å². The van der Waals surface area contributed by atoms with Gasteiger partial charge in [0.2, 0.25) is 11.6 Å². The van der Waals surface area contributed by atoms with Gasteiger partial charge in [-0.2, -0.15) is 0 Å². The second kappa shape index (κ2) is 25.8. The zero-order valence-electron chi connectivity index (χ0n) is 41.3. The number of carbonyl (C=O) groups excluding carboxylic acids is 2. The van der Waals surface area contributed by atoms with Crippen LogP contribution in [0.5, 0.6) is 23.0 Å². The van der Waals surface area contributed by atoms with Crippen molar-refractivity contribution in [3.05, 3.63) is 117 Å². The van der Waals surface area contributed by atoms with E-state index in [1.165, 1.54) is 38.5 Å². The van der Waals surface area contributed by atoms with Crippen LogP contribution in [0.2, 0.25) is 0 Å². The number of nitrogens with two attached hydrogens (primary N) is 2. The number of nitrogens with zero attached hydrogens (tertiary/aromatic N) is 2. The molecular formula is C52H62N4O16. The fourth-order valence-electron chi connectivity index (χ4n) is 8.33. The Kier molecular flexibility index (Phi) is 19.4. The third-order valence-electron chi connectivity index (χ3n) is 11.8. The quantitative estimate of drug-likeness (QED) is 0.0220. The number of anilines is 2. The van der Waals surface area contributed by atoms with E-state index in [2.05, 4.69) is 0 Å². The average molecular weight is 999 g/mol. The van der Waals surface area contributed by atoms with E-state index >= 15 is 0 Å². The number of aromatic nitrogens is 2. The van der Waals surface area contributed by atoms with Gasteiger partial charge in [-0.25, -0.2) is 9.59 Å². The van der Waals surface area contributed by atoms with Gasteiger partial charge >= 0.3 is 11.9 Å². The molecule has 0 bridgehead atoms. The van der Waals surface area contributed by atoms with Gasteiger partial charge in [-0.15, -0.1) is 0 Å². The van der Waals surface area contributed by atoms with Gasteiger partial charge in [0.05, 0.1) is 128 Å². The lowest BCUT2D eigenvalue weighted by Crippen LogP contribution is -2.15. The van der Waals surface area contributed by atoms with Crippen molar-refractivity contribution in [3.8, 4) is 23.0 Å². The highest BCUT2D eigenvalue weighted by molar-refractivity contribution is 6.14. The van der Waals surface area contributed by atoms with Crippen LogP contribution in [0.4, 0.5) is 11.4 Å². The Balaban J connectivity index is 0.783. The van der Waals surface area contributed by atoms with Crippen molar-refractivity contribution < 1.29 is 76.8 Å². The molecule has 0 aliphatic rings. The molecule has 6 rings (SSSR count). The summed E-state index contributed by atoms with van der Waals surface area (Å²) in [7, 11) is 3.05. The number of rotatable bonds is 31. The lowest BCUT2D eigenvalue weighted by molar-refractivity contribution is -0.0187. The number of carboxylic acids is 2. The minimum Gasteiger partial charge on any atom is -0.494 e. The first-order chi connectivity index (χ1) is 34.7. The number of fused-ring (bicyclic) bond motifs is 2. The summed E-state index contributed by atoms with van der Waals surface area (Å²) in [6.45, 7) is 11.6. The molecule has 2 aromatic carbocycles. The van der Waals surface area contributed by atoms with E-state index in [1.807, 2.05) is 0 Å². The van der Waals surface area contributed by atoms with Crippen molar-refractivity contribution in [2.45, 2.75) is 27.7 Å². The minimum atomic E-state index is -1.21. The molecule has 0 radical (unpaired) electrons. The molecule has 4 aromatic heterocycles. The number of carboxylic acid groups (broad SMARTS) is 2. The second-order valence-corrected chi connectivity index (χ2v) is 16.3. The summed E-state index contributed by atoms with van der Waals surface area (Å²) in [6.07, 6.45) is 3.38. The van der Waals surface area contributed by atoms with Gasteiger partial charge in [-0.1, -0.05) is 0 Å². The molecule has 0 unspecified atom stereocenters. The lowest BCUT2D eigenvalue weighted by atomic mass is 9.95. The Morgan fingerprint density at radius 1 is 0.444 bits per heavy atom. The number of hydrogen-bond donors (Lipinski definition) is 4. The van der Waals surface area contributed by atoms with Gasteiger partial charge in [-0.3, -0.25) is 9.59 Å². The smallest absolute Gasteiger partial charge is 0.338 e. The van der Waals surface area contributed by atoms with Crippen molar-refractivity contribution in [2.75, 3.05) is 118 Å². The van der Waals surface area contributed by atoms with Gasteiger partial charge in [0.25, 0.3) is 0 Å². The fraction of sp³-hybridized carbons (Fsp3) is 0.385. The van der Waals surface area contributed by atoms with Crippen molar-refractivity contribution in [1.29, 1.82) is 0 Å². The van der Waals surface area contributed by atoms with Crippen molar-refractivity contribution >= 4 is 45.9 Å². The lowest BCUT2D eigenvalue weighted by Gasteiger charge is -2.12. The molecule has 0 saturated carbocycles. The topological polar surface area (TPSA) is 262 Å². The number of benzene rings is 2. The molecule has 4 heterocycles. The van der Waals surface area contributed by atoms with E-state index in [-0.39, 0.29) is 69.5 Å². The maximum atomic E-state index is 13.9. The molecule has 6 aromatic rings. The van der Waals surface area contributed by atoms with Crippen LogP contribution < -0.4 is 30.4 Å². The molecule has 0 spiro atoms. The first kappa shape index (κ1) is 54.1. The van der Waals surface area contributed by atoms with Gasteiger partial charge in [0, 0.05) is 33.6 Å². The molecule has 0 amide bonds. The normalized spacial score (nSPS) is 11.4. The highest BCUT2D eigenvalue weighted by atomic mass is 16.6. The van der Waals surface area contributed by atoms with Crippen LogP contribution in [0.1, 0.15) is 75.1 Å². The highest BCUT2D eigenvalue weighted by Crippen LogP contribution is 2.36. The van der Waals surface area contributed by atoms with E-state index in [9.17, 15) is 29.4 Å². The zero-order valence-corrected chi connectivity index (χ0v) is 41.3. The van der Waals surface area contributed by atoms with Crippen LogP contribution in [0, 0.1) is 27.7 Å². The number of carbonyl (C=O) groups is 4. The van der Waals surface area contributed by atoms with Gasteiger partial charge in [0.1, 0.15) is 47.6 Å². The Labute approximate surface area is 416 Å². The maximum Gasteiger partial charge on any atom is 0.338 e. The Morgan fingerprint density at radius 2 is 0.750 bits per heavy atom. The van der Waals surface area contributed by atoms with Crippen molar-refractivity contribution in [2.24, 2.45) is 0 Å². The first-order valence-electron chi connectivity index (χ1n) is 23.1. The summed E-state index contributed by atoms with van der Waals surface area (Å²) in [4.78, 5) is 51.5. The summed E-state index contributed by atoms with van der Waals surface area (Å²) in [5.41, 5.74) is 15.9. The molecule has 0 atom stereocenters. The average Bonchev–Trinajstić information content (AvgIpc) is 3.79. The third kappa shape index (κ3) is 12.6. The summed E-state index contributed by atoms with van der Waals surface area (Å²) in [6, 6.07) is 13.0. The predicted molar refractivity (Wildman–Crippen MR) is 265 cm³/mol. The summed E-state index contributed by atoms with van der Waals surface area (Å²) < 4.78 is 60.0. The Bertz CT molecular complexity index is 2690. The first-order valence-corrected chi connectivity index (χ1v) is 23.1. The molecule has 0 aliphatic carbocycles. The minimum absolute atomic E-state index is 0.0796. The van der Waals surface area contributed by atoms with Gasteiger partial charge in [-0.05, 0) is 87.4 Å². The molecule has 72 heavy (non-hydrogen) atoms. The van der Waals surface area contributed by atoms with Crippen molar-refractivity contribution in [1.82, 2.24) is 8.80 Å².